The molecule has 0 amide bonds. The van der Waals surface area contributed by atoms with E-state index in [0.717, 1.165) is 63.2 Å². The van der Waals surface area contributed by atoms with Gasteiger partial charge in [0.15, 0.2) is 0 Å². The van der Waals surface area contributed by atoms with Crippen molar-refractivity contribution in [1.29, 1.82) is 0 Å². The highest BCUT2D eigenvalue weighted by molar-refractivity contribution is 5.69. The largest absolute Gasteiger partial charge is 0.461 e. The van der Waals surface area contributed by atoms with Gasteiger partial charge in [-0.15, -0.1) is 0 Å². The summed E-state index contributed by atoms with van der Waals surface area (Å²) in [5, 5.41) is 10.9. The number of aliphatic hydroxyl groups is 1. The normalized spacial score (nSPS) is 34.0. The summed E-state index contributed by atoms with van der Waals surface area (Å²) in [4.78, 5) is 13.3. The van der Waals surface area contributed by atoms with Gasteiger partial charge in [0, 0.05) is 18.3 Å². The first kappa shape index (κ1) is 40.9. The third-order valence-corrected chi connectivity index (χ3v) is 14.1. The highest BCUT2D eigenvalue weighted by Gasteiger charge is 2.61. The van der Waals surface area contributed by atoms with Gasteiger partial charge in [-0.2, -0.15) is 0 Å². The van der Waals surface area contributed by atoms with Gasteiger partial charge in [0.2, 0.25) is 0 Å². The van der Waals surface area contributed by atoms with Crippen molar-refractivity contribution in [2.45, 2.75) is 176 Å². The van der Waals surface area contributed by atoms with E-state index in [-0.39, 0.29) is 17.5 Å². The standard InChI is InChI=1S/C47H76O3/c1-8-10-11-12-13-14-15-16-17-18-19-20-21-22-23-24-45(49)50-44-34-39(48)33-38-27-28-40-42-30-29-41(36(5)25-26-37(9-2)35(3)4)46(42,6)32-31-43(40)47(38,44)7/h10-11,13-14,16-17,25-27,35-37,39-44,48H,8-9,12,15,18-24,28-34H2,1-7H3/b11-10-,14-13-,17-16-,26-25+/t36-,37+,39+,40+,41-,42+,43+,44?,46-,47+/m1/s1. The quantitative estimate of drug-likeness (QED) is 0.0834. The molecule has 1 unspecified atom stereocenters. The molecule has 4 rings (SSSR count). The second kappa shape index (κ2) is 19.8. The number of carbonyl (C=O) groups is 1. The maximum absolute atomic E-state index is 13.3. The van der Waals surface area contributed by atoms with E-state index < -0.39 is 6.10 Å². The Morgan fingerprint density at radius 2 is 1.60 bits per heavy atom. The zero-order valence-electron chi connectivity index (χ0n) is 33.4. The van der Waals surface area contributed by atoms with E-state index in [9.17, 15) is 9.90 Å². The summed E-state index contributed by atoms with van der Waals surface area (Å²) >= 11 is 0. The van der Waals surface area contributed by atoms with E-state index in [1.807, 2.05) is 0 Å². The first-order valence-corrected chi connectivity index (χ1v) is 21.3. The van der Waals surface area contributed by atoms with Gasteiger partial charge < -0.3 is 9.84 Å². The Kier molecular flexibility index (Phi) is 16.2. The zero-order chi connectivity index (χ0) is 36.1. The fourth-order valence-electron chi connectivity index (χ4n) is 11.1. The zero-order valence-corrected chi connectivity index (χ0v) is 33.4. The average Bonchev–Trinajstić information content (AvgIpc) is 3.44. The third-order valence-electron chi connectivity index (χ3n) is 14.1. The molecule has 3 saturated carbocycles. The lowest BCUT2D eigenvalue weighted by atomic mass is 9.46. The molecule has 4 aliphatic rings. The molecule has 0 aromatic carbocycles. The molecule has 3 heteroatoms. The number of esters is 1. The molecule has 0 aromatic rings. The van der Waals surface area contributed by atoms with Crippen LogP contribution < -0.4 is 0 Å². The van der Waals surface area contributed by atoms with Crippen molar-refractivity contribution >= 4 is 5.97 Å². The van der Waals surface area contributed by atoms with E-state index in [0.29, 0.717) is 47.8 Å². The van der Waals surface area contributed by atoms with Gasteiger partial charge >= 0.3 is 5.97 Å². The van der Waals surface area contributed by atoms with Gasteiger partial charge in [0.05, 0.1) is 6.10 Å². The minimum Gasteiger partial charge on any atom is -0.461 e. The van der Waals surface area contributed by atoms with Crippen LogP contribution in [0, 0.1) is 52.3 Å². The maximum atomic E-state index is 13.3. The lowest BCUT2D eigenvalue weighted by Gasteiger charge is -2.60. The molecule has 0 aromatic heterocycles. The SMILES string of the molecule is CC/C=C\C/C=C\C/C=C\CCCCCCCC(=O)OC1C[C@@H](O)CC2=CC[C@H]3[C@@H]4CC[C@H]([C@H](C)/C=C/[C@H](CC)C(C)C)[C@@]4(C)CC[C@@H]3[C@]21C. The van der Waals surface area contributed by atoms with Crippen molar-refractivity contribution in [2.24, 2.45) is 52.3 Å². The number of hydrogen-bond acceptors (Lipinski definition) is 3. The van der Waals surface area contributed by atoms with Crippen molar-refractivity contribution < 1.29 is 14.6 Å². The topological polar surface area (TPSA) is 46.5 Å². The molecular formula is C47H76O3. The lowest BCUT2D eigenvalue weighted by Crippen LogP contribution is -2.56. The Morgan fingerprint density at radius 1 is 0.900 bits per heavy atom. The highest BCUT2D eigenvalue weighted by Crippen LogP contribution is 2.67. The fourth-order valence-corrected chi connectivity index (χ4v) is 11.1. The molecule has 0 aliphatic heterocycles. The molecule has 10 atom stereocenters. The number of ether oxygens (including phenoxy) is 1. The second-order valence-electron chi connectivity index (χ2n) is 17.6. The summed E-state index contributed by atoms with van der Waals surface area (Å²) in [5.41, 5.74) is 1.60. The van der Waals surface area contributed by atoms with Crippen molar-refractivity contribution in [3.63, 3.8) is 0 Å². The maximum Gasteiger partial charge on any atom is 0.306 e. The second-order valence-corrected chi connectivity index (χ2v) is 17.6. The number of rotatable bonds is 19. The summed E-state index contributed by atoms with van der Waals surface area (Å²) < 4.78 is 6.42. The van der Waals surface area contributed by atoms with E-state index in [1.54, 1.807) is 0 Å². The Morgan fingerprint density at radius 3 is 2.32 bits per heavy atom. The van der Waals surface area contributed by atoms with Crippen molar-refractivity contribution in [3.05, 3.63) is 60.3 Å². The number of unbranched alkanes of at least 4 members (excludes halogenated alkanes) is 5. The molecule has 0 heterocycles. The van der Waals surface area contributed by atoms with Crippen LogP contribution >= 0.6 is 0 Å². The summed E-state index contributed by atoms with van der Waals surface area (Å²) in [6.07, 6.45) is 39.7. The minimum absolute atomic E-state index is 0.0538. The van der Waals surface area contributed by atoms with E-state index in [4.69, 9.17) is 4.74 Å². The first-order valence-electron chi connectivity index (χ1n) is 21.3. The first-order chi connectivity index (χ1) is 24.1. The minimum atomic E-state index is -0.410. The van der Waals surface area contributed by atoms with Gasteiger partial charge in [-0.25, -0.2) is 0 Å². The number of carbonyl (C=O) groups excluding carboxylic acids is 1. The number of hydrogen-bond donors (Lipinski definition) is 1. The van der Waals surface area contributed by atoms with Crippen molar-refractivity contribution in [2.75, 3.05) is 0 Å². The Bertz CT molecular complexity index is 1190. The Hall–Kier alpha value is -1.87. The molecule has 3 fully saturated rings. The number of allylic oxidation sites excluding steroid dienone is 9. The Labute approximate surface area is 308 Å². The molecule has 1 N–H and O–H groups in total. The van der Waals surface area contributed by atoms with Gasteiger partial charge in [0.25, 0.3) is 0 Å². The summed E-state index contributed by atoms with van der Waals surface area (Å²) in [5.74, 6) is 4.60. The van der Waals surface area contributed by atoms with Crippen LogP contribution in [0.25, 0.3) is 0 Å². The van der Waals surface area contributed by atoms with Crippen LogP contribution in [0.3, 0.4) is 0 Å². The molecule has 3 nitrogen and oxygen atoms in total. The number of aliphatic hydroxyl groups excluding tert-OH is 1. The van der Waals surface area contributed by atoms with Crippen molar-refractivity contribution in [3.8, 4) is 0 Å². The molecule has 0 radical (unpaired) electrons. The molecule has 50 heavy (non-hydrogen) atoms. The van der Waals surface area contributed by atoms with Crippen LogP contribution in [0.2, 0.25) is 0 Å². The predicted octanol–water partition coefficient (Wildman–Crippen LogP) is 12.9. The summed E-state index contributed by atoms with van der Waals surface area (Å²) in [6.45, 7) is 16.7. The third kappa shape index (κ3) is 10.2. The van der Waals surface area contributed by atoms with E-state index in [2.05, 4.69) is 103 Å². The number of fused-ring (bicyclic) bond motifs is 5. The summed E-state index contributed by atoms with van der Waals surface area (Å²) in [7, 11) is 0. The van der Waals surface area contributed by atoms with E-state index in [1.165, 1.54) is 56.9 Å². The smallest absolute Gasteiger partial charge is 0.306 e. The van der Waals surface area contributed by atoms with Gasteiger partial charge in [-0.05, 0) is 130 Å². The van der Waals surface area contributed by atoms with Crippen LogP contribution in [0.5, 0.6) is 0 Å². The predicted molar refractivity (Wildman–Crippen MR) is 213 cm³/mol. The lowest BCUT2D eigenvalue weighted by molar-refractivity contribution is -0.169. The van der Waals surface area contributed by atoms with Gasteiger partial charge in [0.1, 0.15) is 6.10 Å². The molecule has 4 aliphatic carbocycles. The molecule has 0 saturated heterocycles. The average molecular weight is 689 g/mol. The molecule has 0 bridgehead atoms. The molecular weight excluding hydrogens is 613 g/mol. The molecule has 0 spiro atoms. The van der Waals surface area contributed by atoms with Crippen LogP contribution in [0.15, 0.2) is 60.3 Å². The van der Waals surface area contributed by atoms with Crippen LogP contribution in [0.1, 0.15) is 164 Å². The monoisotopic (exact) mass is 689 g/mol. The highest BCUT2D eigenvalue weighted by atomic mass is 16.5. The van der Waals surface area contributed by atoms with Crippen molar-refractivity contribution in [1.82, 2.24) is 0 Å². The van der Waals surface area contributed by atoms with Crippen LogP contribution in [-0.2, 0) is 9.53 Å². The van der Waals surface area contributed by atoms with Gasteiger partial charge in [-0.3, -0.25) is 4.79 Å². The van der Waals surface area contributed by atoms with Crippen LogP contribution in [0.4, 0.5) is 0 Å². The van der Waals surface area contributed by atoms with E-state index >= 15 is 0 Å². The summed E-state index contributed by atoms with van der Waals surface area (Å²) in [6, 6.07) is 0. The fraction of sp³-hybridized carbons (Fsp3) is 0.766. The molecule has 282 valence electrons. The Balaban J connectivity index is 1.26. The van der Waals surface area contributed by atoms with Crippen LogP contribution in [-0.4, -0.2) is 23.3 Å². The van der Waals surface area contributed by atoms with Gasteiger partial charge in [-0.1, -0.05) is 128 Å².